The van der Waals surface area contributed by atoms with Crippen molar-refractivity contribution in [1.82, 2.24) is 10.3 Å². The molecule has 84 valence electrons. The van der Waals surface area contributed by atoms with Gasteiger partial charge in [0.25, 0.3) is 0 Å². The molecular formula is C11H18N2OS. The van der Waals surface area contributed by atoms with E-state index < -0.39 is 0 Å². The Morgan fingerprint density at radius 3 is 2.73 bits per heavy atom. The average molecular weight is 226 g/mol. The van der Waals surface area contributed by atoms with E-state index in [1.165, 1.54) is 0 Å². The molecule has 0 bridgehead atoms. The fourth-order valence-corrected chi connectivity index (χ4v) is 2.29. The molecule has 0 aliphatic heterocycles. The SMILES string of the molecule is CCCCNC(=O)Cc1sc(C)nc1C. The van der Waals surface area contributed by atoms with Crippen molar-refractivity contribution in [2.45, 2.75) is 40.0 Å². The molecule has 1 N–H and O–H groups in total. The number of carbonyl (C=O) groups excluding carboxylic acids is 1. The summed E-state index contributed by atoms with van der Waals surface area (Å²) in [4.78, 5) is 16.9. The molecule has 4 heteroatoms. The number of thiazole rings is 1. The average Bonchev–Trinajstić information content (AvgIpc) is 2.45. The van der Waals surface area contributed by atoms with Gasteiger partial charge >= 0.3 is 0 Å². The van der Waals surface area contributed by atoms with Gasteiger partial charge < -0.3 is 5.32 Å². The van der Waals surface area contributed by atoms with Gasteiger partial charge in [-0.05, 0) is 20.3 Å². The van der Waals surface area contributed by atoms with E-state index in [0.29, 0.717) is 6.42 Å². The van der Waals surface area contributed by atoms with E-state index in [1.807, 2.05) is 13.8 Å². The normalized spacial score (nSPS) is 10.3. The molecule has 0 unspecified atom stereocenters. The molecule has 0 saturated heterocycles. The summed E-state index contributed by atoms with van der Waals surface area (Å²) >= 11 is 1.61. The van der Waals surface area contributed by atoms with Crippen molar-refractivity contribution in [3.05, 3.63) is 15.6 Å². The second kappa shape index (κ2) is 5.85. The minimum atomic E-state index is 0.107. The number of nitrogens with one attached hydrogen (secondary N) is 1. The minimum absolute atomic E-state index is 0.107. The highest BCUT2D eigenvalue weighted by molar-refractivity contribution is 7.11. The Morgan fingerprint density at radius 2 is 2.20 bits per heavy atom. The zero-order valence-electron chi connectivity index (χ0n) is 9.59. The summed E-state index contributed by atoms with van der Waals surface area (Å²) in [5.74, 6) is 0.107. The standard InChI is InChI=1S/C11H18N2OS/c1-4-5-6-12-11(14)7-10-8(2)13-9(3)15-10/h4-7H2,1-3H3,(H,12,14). The van der Waals surface area contributed by atoms with E-state index >= 15 is 0 Å². The molecular weight excluding hydrogens is 208 g/mol. The summed E-state index contributed by atoms with van der Waals surface area (Å²) in [6.07, 6.45) is 2.63. The van der Waals surface area contributed by atoms with Crippen LogP contribution in [0.1, 0.15) is 35.3 Å². The van der Waals surface area contributed by atoms with Crippen LogP contribution in [-0.4, -0.2) is 17.4 Å². The van der Waals surface area contributed by atoms with Gasteiger partial charge in [-0.1, -0.05) is 13.3 Å². The number of carbonyl (C=O) groups is 1. The molecule has 1 amide bonds. The van der Waals surface area contributed by atoms with Crippen molar-refractivity contribution < 1.29 is 4.79 Å². The van der Waals surface area contributed by atoms with Gasteiger partial charge in [0.15, 0.2) is 0 Å². The quantitative estimate of drug-likeness (QED) is 0.782. The number of nitrogens with zero attached hydrogens (tertiary/aromatic N) is 1. The van der Waals surface area contributed by atoms with Crippen molar-refractivity contribution in [3.63, 3.8) is 0 Å². The topological polar surface area (TPSA) is 42.0 Å². The summed E-state index contributed by atoms with van der Waals surface area (Å²) in [6, 6.07) is 0. The van der Waals surface area contributed by atoms with Gasteiger partial charge in [0.1, 0.15) is 0 Å². The first-order valence-electron chi connectivity index (χ1n) is 5.33. The fraction of sp³-hybridized carbons (Fsp3) is 0.636. The predicted molar refractivity (Wildman–Crippen MR) is 63.2 cm³/mol. The van der Waals surface area contributed by atoms with E-state index in [4.69, 9.17) is 0 Å². The van der Waals surface area contributed by atoms with Crippen molar-refractivity contribution in [2.75, 3.05) is 6.54 Å². The van der Waals surface area contributed by atoms with Gasteiger partial charge in [-0.3, -0.25) is 4.79 Å². The lowest BCUT2D eigenvalue weighted by Crippen LogP contribution is -2.25. The van der Waals surface area contributed by atoms with Crippen LogP contribution in [0.2, 0.25) is 0 Å². The molecule has 0 aromatic carbocycles. The lowest BCUT2D eigenvalue weighted by Gasteiger charge is -2.02. The third kappa shape index (κ3) is 4.00. The van der Waals surface area contributed by atoms with Gasteiger partial charge in [-0.25, -0.2) is 4.98 Å². The molecule has 3 nitrogen and oxygen atoms in total. The molecule has 0 atom stereocenters. The Balaban J connectivity index is 2.41. The number of unbranched alkanes of at least 4 members (excludes halogenated alkanes) is 1. The molecule has 0 saturated carbocycles. The van der Waals surface area contributed by atoms with E-state index in [9.17, 15) is 4.79 Å². The first-order chi connectivity index (χ1) is 7.13. The van der Waals surface area contributed by atoms with Crippen LogP contribution < -0.4 is 5.32 Å². The maximum absolute atomic E-state index is 11.5. The Labute approximate surface area is 94.9 Å². The van der Waals surface area contributed by atoms with Gasteiger partial charge in [-0.15, -0.1) is 11.3 Å². The van der Waals surface area contributed by atoms with Crippen LogP contribution in [0.15, 0.2) is 0 Å². The molecule has 1 heterocycles. The van der Waals surface area contributed by atoms with E-state index in [1.54, 1.807) is 11.3 Å². The minimum Gasteiger partial charge on any atom is -0.356 e. The Morgan fingerprint density at radius 1 is 1.47 bits per heavy atom. The van der Waals surface area contributed by atoms with Crippen molar-refractivity contribution in [3.8, 4) is 0 Å². The number of aromatic nitrogens is 1. The number of amides is 1. The molecule has 1 aromatic heterocycles. The Hall–Kier alpha value is -0.900. The first kappa shape index (κ1) is 12.2. The van der Waals surface area contributed by atoms with Crippen LogP contribution in [0.5, 0.6) is 0 Å². The summed E-state index contributed by atoms with van der Waals surface area (Å²) in [5.41, 5.74) is 0.989. The van der Waals surface area contributed by atoms with Gasteiger partial charge in [0.05, 0.1) is 17.1 Å². The van der Waals surface area contributed by atoms with Crippen molar-refractivity contribution in [1.29, 1.82) is 0 Å². The van der Waals surface area contributed by atoms with E-state index in [0.717, 1.165) is 35.0 Å². The summed E-state index contributed by atoms with van der Waals surface area (Å²) in [5, 5.41) is 3.94. The highest BCUT2D eigenvalue weighted by atomic mass is 32.1. The lowest BCUT2D eigenvalue weighted by molar-refractivity contribution is -0.120. The third-order valence-electron chi connectivity index (χ3n) is 2.17. The van der Waals surface area contributed by atoms with Crippen LogP contribution in [0.25, 0.3) is 0 Å². The van der Waals surface area contributed by atoms with Crippen molar-refractivity contribution in [2.24, 2.45) is 0 Å². The maximum Gasteiger partial charge on any atom is 0.225 e. The molecule has 1 aromatic rings. The molecule has 0 aliphatic rings. The monoisotopic (exact) mass is 226 g/mol. The fourth-order valence-electron chi connectivity index (χ4n) is 1.35. The molecule has 1 rings (SSSR count). The number of aryl methyl sites for hydroxylation is 2. The molecule has 0 fully saturated rings. The zero-order valence-corrected chi connectivity index (χ0v) is 10.4. The smallest absolute Gasteiger partial charge is 0.225 e. The van der Waals surface area contributed by atoms with E-state index in [2.05, 4.69) is 17.2 Å². The van der Waals surface area contributed by atoms with Crippen LogP contribution in [0.4, 0.5) is 0 Å². The highest BCUT2D eigenvalue weighted by Crippen LogP contribution is 2.17. The van der Waals surface area contributed by atoms with Crippen LogP contribution in [-0.2, 0) is 11.2 Å². The largest absolute Gasteiger partial charge is 0.356 e. The maximum atomic E-state index is 11.5. The van der Waals surface area contributed by atoms with Crippen LogP contribution in [0.3, 0.4) is 0 Å². The zero-order chi connectivity index (χ0) is 11.3. The third-order valence-corrected chi connectivity index (χ3v) is 3.25. The molecule has 0 aliphatic carbocycles. The van der Waals surface area contributed by atoms with Gasteiger partial charge in [-0.2, -0.15) is 0 Å². The second-order valence-electron chi connectivity index (χ2n) is 3.62. The Kier molecular flexibility index (Phi) is 4.75. The Bertz CT molecular complexity index is 333. The van der Waals surface area contributed by atoms with E-state index in [-0.39, 0.29) is 5.91 Å². The van der Waals surface area contributed by atoms with Gasteiger partial charge in [0, 0.05) is 11.4 Å². The summed E-state index contributed by atoms with van der Waals surface area (Å²) in [7, 11) is 0. The lowest BCUT2D eigenvalue weighted by atomic mass is 10.3. The predicted octanol–water partition coefficient (Wildman–Crippen LogP) is 2.22. The molecule has 0 spiro atoms. The van der Waals surface area contributed by atoms with Crippen molar-refractivity contribution >= 4 is 17.2 Å². The number of hydrogen-bond acceptors (Lipinski definition) is 3. The summed E-state index contributed by atoms with van der Waals surface area (Å²) < 4.78 is 0. The summed E-state index contributed by atoms with van der Waals surface area (Å²) in [6.45, 7) is 6.82. The number of rotatable bonds is 5. The van der Waals surface area contributed by atoms with Crippen LogP contribution >= 0.6 is 11.3 Å². The highest BCUT2D eigenvalue weighted by Gasteiger charge is 2.09. The first-order valence-corrected chi connectivity index (χ1v) is 6.14. The van der Waals surface area contributed by atoms with Gasteiger partial charge in [0.2, 0.25) is 5.91 Å². The van der Waals surface area contributed by atoms with Crippen LogP contribution in [0, 0.1) is 13.8 Å². The molecule has 0 radical (unpaired) electrons. The molecule has 15 heavy (non-hydrogen) atoms. The second-order valence-corrected chi connectivity index (χ2v) is 4.91. The number of hydrogen-bond donors (Lipinski definition) is 1.